The number of aliphatic hydroxyl groups excluding tert-OH is 1. The Balaban J connectivity index is 1.59. The van der Waals surface area contributed by atoms with E-state index in [2.05, 4.69) is 23.6 Å². The van der Waals surface area contributed by atoms with Gasteiger partial charge in [0, 0.05) is 30.3 Å². The van der Waals surface area contributed by atoms with Gasteiger partial charge in [0.1, 0.15) is 0 Å². The first kappa shape index (κ1) is 24.1. The van der Waals surface area contributed by atoms with Crippen molar-refractivity contribution in [1.29, 1.82) is 0 Å². The third kappa shape index (κ3) is 3.62. The van der Waals surface area contributed by atoms with Gasteiger partial charge in [-0.25, -0.2) is 0 Å². The zero-order valence-corrected chi connectivity index (χ0v) is 20.6. The van der Waals surface area contributed by atoms with Gasteiger partial charge < -0.3 is 15.1 Å². The molecular formula is C26H42N2O4. The van der Waals surface area contributed by atoms with Crippen LogP contribution in [0.15, 0.2) is 11.6 Å². The third-order valence-corrected chi connectivity index (χ3v) is 9.75. The minimum atomic E-state index is -1.11. The largest absolute Gasteiger partial charge is 0.393 e. The lowest BCUT2D eigenvalue weighted by atomic mass is 9.46. The second-order valence-electron chi connectivity index (χ2n) is 12.0. The van der Waals surface area contributed by atoms with Crippen LogP contribution in [0.3, 0.4) is 0 Å². The van der Waals surface area contributed by atoms with Gasteiger partial charge in [0.05, 0.1) is 18.2 Å². The van der Waals surface area contributed by atoms with Gasteiger partial charge in [-0.15, -0.1) is 0 Å². The number of rotatable bonds is 6. The second kappa shape index (κ2) is 8.30. The van der Waals surface area contributed by atoms with E-state index in [4.69, 9.17) is 0 Å². The van der Waals surface area contributed by atoms with Crippen LogP contribution in [0.5, 0.6) is 0 Å². The number of ketones is 2. The van der Waals surface area contributed by atoms with E-state index >= 15 is 0 Å². The SMILES string of the molecule is CN(C)CCN(C)CC(=O)C1CC[C@@]2(O)C3=CC(=O)C4CCC(O)CC4(C)C3CCC12C. The Morgan fingerprint density at radius 3 is 2.47 bits per heavy atom. The fourth-order valence-corrected chi connectivity index (χ4v) is 7.78. The van der Waals surface area contributed by atoms with Crippen LogP contribution in [-0.2, 0) is 9.59 Å². The molecule has 0 aromatic carbocycles. The number of aliphatic hydroxyl groups is 2. The quantitative estimate of drug-likeness (QED) is 0.652. The van der Waals surface area contributed by atoms with E-state index in [1.807, 2.05) is 21.1 Å². The molecule has 0 spiro atoms. The zero-order chi connectivity index (χ0) is 23.5. The first-order valence-electron chi connectivity index (χ1n) is 12.4. The lowest BCUT2D eigenvalue weighted by Gasteiger charge is -2.59. The summed E-state index contributed by atoms with van der Waals surface area (Å²) in [6.07, 6.45) is 6.29. The maximum absolute atomic E-state index is 13.4. The van der Waals surface area contributed by atoms with Gasteiger partial charge in [-0.1, -0.05) is 13.8 Å². The minimum absolute atomic E-state index is 0.0585. The van der Waals surface area contributed by atoms with Gasteiger partial charge in [-0.3, -0.25) is 14.5 Å². The number of Topliss-reactive ketones (excluding diaryl/α,β-unsaturated/α-hetero) is 1. The molecule has 180 valence electrons. The molecule has 0 aromatic rings. The Kier molecular flexibility index (Phi) is 6.24. The van der Waals surface area contributed by atoms with Crippen molar-refractivity contribution in [2.75, 3.05) is 40.8 Å². The molecule has 0 saturated heterocycles. The van der Waals surface area contributed by atoms with E-state index in [9.17, 15) is 19.8 Å². The van der Waals surface area contributed by atoms with Crippen LogP contribution in [-0.4, -0.2) is 84.1 Å². The fourth-order valence-electron chi connectivity index (χ4n) is 7.78. The number of allylic oxidation sites excluding steroid dienone is 1. The Morgan fingerprint density at radius 2 is 1.78 bits per heavy atom. The van der Waals surface area contributed by atoms with Crippen LogP contribution in [0, 0.1) is 28.6 Å². The van der Waals surface area contributed by atoms with Gasteiger partial charge in [0.2, 0.25) is 0 Å². The molecule has 4 aliphatic rings. The first-order chi connectivity index (χ1) is 14.9. The number of hydrogen-bond donors (Lipinski definition) is 2. The van der Waals surface area contributed by atoms with Gasteiger partial charge in [-0.05, 0) is 89.1 Å². The zero-order valence-electron chi connectivity index (χ0n) is 20.6. The normalized spacial score (nSPS) is 43.7. The van der Waals surface area contributed by atoms with Crippen molar-refractivity contribution in [2.45, 2.75) is 70.5 Å². The van der Waals surface area contributed by atoms with Crippen molar-refractivity contribution in [3.63, 3.8) is 0 Å². The fraction of sp³-hybridized carbons (Fsp3) is 0.846. The molecule has 2 N–H and O–H groups in total. The highest BCUT2D eigenvalue weighted by Crippen LogP contribution is 2.67. The highest BCUT2D eigenvalue weighted by Gasteiger charge is 2.66. The molecule has 0 radical (unpaired) electrons. The summed E-state index contributed by atoms with van der Waals surface area (Å²) in [4.78, 5) is 30.7. The molecule has 32 heavy (non-hydrogen) atoms. The molecule has 6 unspecified atom stereocenters. The third-order valence-electron chi connectivity index (χ3n) is 9.75. The van der Waals surface area contributed by atoms with E-state index < -0.39 is 11.0 Å². The van der Waals surface area contributed by atoms with Crippen LogP contribution >= 0.6 is 0 Å². The molecule has 6 nitrogen and oxygen atoms in total. The molecule has 7 atom stereocenters. The van der Waals surface area contributed by atoms with Crippen molar-refractivity contribution in [1.82, 2.24) is 9.80 Å². The standard InChI is InChI=1S/C26H42N2O4/c1-24-15-17(29)6-7-19(24)22(30)14-21-18(24)8-10-25(2)20(9-11-26(21,25)32)23(31)16-28(5)13-12-27(3)4/h14,17-20,29,32H,6-13,15-16H2,1-5H3/t17?,18?,19?,20?,24?,25?,26-/m1/s1. The predicted octanol–water partition coefficient (Wildman–Crippen LogP) is 2.28. The molecule has 0 bridgehead atoms. The number of carbonyl (C=O) groups is 2. The smallest absolute Gasteiger partial charge is 0.159 e. The number of hydrogen-bond acceptors (Lipinski definition) is 6. The Labute approximate surface area is 193 Å². The van der Waals surface area contributed by atoms with Crippen LogP contribution in [0.4, 0.5) is 0 Å². The van der Waals surface area contributed by atoms with E-state index in [0.29, 0.717) is 32.2 Å². The maximum Gasteiger partial charge on any atom is 0.159 e. The van der Waals surface area contributed by atoms with Crippen LogP contribution in [0.1, 0.15) is 58.8 Å². The average Bonchev–Trinajstić information content (AvgIpc) is 2.98. The van der Waals surface area contributed by atoms with Crippen LogP contribution in [0.2, 0.25) is 0 Å². The van der Waals surface area contributed by atoms with Crippen LogP contribution in [0.25, 0.3) is 0 Å². The summed E-state index contributed by atoms with van der Waals surface area (Å²) < 4.78 is 0. The summed E-state index contributed by atoms with van der Waals surface area (Å²) in [6.45, 7) is 6.36. The molecule has 0 aliphatic heterocycles. The van der Waals surface area contributed by atoms with Crippen molar-refractivity contribution in [3.8, 4) is 0 Å². The van der Waals surface area contributed by atoms with Crippen molar-refractivity contribution >= 4 is 11.6 Å². The van der Waals surface area contributed by atoms with E-state index in [0.717, 1.165) is 37.9 Å². The van der Waals surface area contributed by atoms with E-state index in [1.54, 1.807) is 6.08 Å². The number of nitrogens with zero attached hydrogens (tertiary/aromatic N) is 2. The van der Waals surface area contributed by atoms with Gasteiger partial charge in [-0.2, -0.15) is 0 Å². The molecule has 3 fully saturated rings. The molecular weight excluding hydrogens is 404 g/mol. The molecule has 0 amide bonds. The topological polar surface area (TPSA) is 81.1 Å². The monoisotopic (exact) mass is 446 g/mol. The molecule has 0 aromatic heterocycles. The van der Waals surface area contributed by atoms with Crippen molar-refractivity contribution in [3.05, 3.63) is 11.6 Å². The van der Waals surface area contributed by atoms with Crippen molar-refractivity contribution in [2.24, 2.45) is 28.6 Å². The summed E-state index contributed by atoms with van der Waals surface area (Å²) in [7, 11) is 6.04. The summed E-state index contributed by atoms with van der Waals surface area (Å²) >= 11 is 0. The molecule has 4 rings (SSSR count). The summed E-state index contributed by atoms with van der Waals surface area (Å²) in [5.74, 6) is 0.185. The molecule has 6 heteroatoms. The van der Waals surface area contributed by atoms with Gasteiger partial charge in [0.15, 0.2) is 11.6 Å². The Morgan fingerprint density at radius 1 is 1.06 bits per heavy atom. The van der Waals surface area contributed by atoms with Gasteiger partial charge >= 0.3 is 0 Å². The number of fused-ring (bicyclic) bond motifs is 5. The number of carbonyl (C=O) groups excluding carboxylic acids is 2. The molecule has 0 heterocycles. The lowest BCUT2D eigenvalue weighted by molar-refractivity contribution is -0.144. The molecule has 4 aliphatic carbocycles. The summed E-state index contributed by atoms with van der Waals surface area (Å²) in [5, 5.41) is 22.6. The predicted molar refractivity (Wildman–Crippen MR) is 124 cm³/mol. The van der Waals surface area contributed by atoms with Crippen LogP contribution < -0.4 is 0 Å². The second-order valence-corrected chi connectivity index (χ2v) is 12.0. The highest BCUT2D eigenvalue weighted by atomic mass is 16.3. The van der Waals surface area contributed by atoms with Gasteiger partial charge in [0.25, 0.3) is 0 Å². The average molecular weight is 447 g/mol. The Hall–Kier alpha value is -1.08. The molecule has 3 saturated carbocycles. The van der Waals surface area contributed by atoms with E-state index in [-0.39, 0.29) is 40.8 Å². The minimum Gasteiger partial charge on any atom is -0.393 e. The maximum atomic E-state index is 13.4. The summed E-state index contributed by atoms with van der Waals surface area (Å²) in [6, 6.07) is 0. The van der Waals surface area contributed by atoms with Crippen molar-refractivity contribution < 1.29 is 19.8 Å². The summed E-state index contributed by atoms with van der Waals surface area (Å²) in [5.41, 5.74) is -1.08. The first-order valence-corrected chi connectivity index (χ1v) is 12.4. The lowest BCUT2D eigenvalue weighted by Crippen LogP contribution is -2.59. The number of likely N-dealkylation sites (N-methyl/N-ethyl adjacent to an activating group) is 2. The Bertz CT molecular complexity index is 810. The van der Waals surface area contributed by atoms with E-state index in [1.165, 1.54) is 0 Å². The highest BCUT2D eigenvalue weighted by molar-refractivity contribution is 5.95.